The van der Waals surface area contributed by atoms with E-state index in [-0.39, 0.29) is 6.29 Å². The minimum absolute atomic E-state index is 0.269. The molecular formula is C9H20N3O3P. The molecule has 0 spiro atoms. The first-order chi connectivity index (χ1) is 7.20. The first-order valence-corrected chi connectivity index (χ1v) is 6.54. The molecule has 16 heavy (non-hydrogen) atoms. The molecule has 0 rings (SSSR count). The van der Waals surface area contributed by atoms with Crippen molar-refractivity contribution in [3.05, 3.63) is 28.2 Å². The van der Waals surface area contributed by atoms with E-state index < -0.39 is 7.60 Å². The average molecular weight is 249 g/mol. The van der Waals surface area contributed by atoms with Gasteiger partial charge in [-0.3, -0.25) is 19.3 Å². The quantitative estimate of drug-likeness (QED) is 0.599. The summed E-state index contributed by atoms with van der Waals surface area (Å²) in [5.74, 6) is 0. The number of hydrogen-bond acceptors (Lipinski definition) is 4. The fraction of sp³-hybridized carbons (Fsp3) is 0.556. The van der Waals surface area contributed by atoms with Gasteiger partial charge in [-0.1, -0.05) is 0 Å². The summed E-state index contributed by atoms with van der Waals surface area (Å²) in [6, 6.07) is 0. The zero-order chi connectivity index (χ0) is 12.8. The zero-order valence-electron chi connectivity index (χ0n) is 9.46. The molecule has 0 saturated carbocycles. The molecule has 4 radical (unpaired) electrons. The molecular weight excluding hydrogens is 229 g/mol. The van der Waals surface area contributed by atoms with Crippen molar-refractivity contribution in [1.29, 1.82) is 0 Å². The highest BCUT2D eigenvalue weighted by atomic mass is 31.2. The second kappa shape index (κ2) is 7.37. The number of nitrogens with zero attached hydrogens (tertiary/aromatic N) is 3. The lowest BCUT2D eigenvalue weighted by atomic mass is 10.4. The maximum absolute atomic E-state index is 10.9. The molecule has 0 aliphatic heterocycles. The molecule has 0 atom stereocenters. The molecule has 0 amide bonds. The van der Waals surface area contributed by atoms with Gasteiger partial charge in [-0.25, -0.2) is 0 Å². The Morgan fingerprint density at radius 2 is 1.25 bits per heavy atom. The van der Waals surface area contributed by atoms with Gasteiger partial charge in [-0.2, -0.15) is 0 Å². The molecule has 94 valence electrons. The van der Waals surface area contributed by atoms with Gasteiger partial charge in [0.1, 0.15) is 6.29 Å². The van der Waals surface area contributed by atoms with Crippen LogP contribution < -0.4 is 0 Å². The van der Waals surface area contributed by atoms with Crippen molar-refractivity contribution in [2.24, 2.45) is 0 Å². The van der Waals surface area contributed by atoms with E-state index >= 15 is 0 Å². The summed E-state index contributed by atoms with van der Waals surface area (Å²) in [6.45, 7) is 2.06. The molecule has 0 saturated heterocycles. The third kappa shape index (κ3) is 10.5. The Morgan fingerprint density at radius 1 is 0.875 bits per heavy atom. The Kier molecular flexibility index (Phi) is 7.39. The molecule has 6 nitrogen and oxygen atoms in total. The fourth-order valence-electron chi connectivity index (χ4n) is 1.08. The Morgan fingerprint density at radius 3 is 1.50 bits per heavy atom. The molecule has 2 N–H and O–H groups in total. The van der Waals surface area contributed by atoms with Crippen LogP contribution in [0.15, 0.2) is 0 Å². The molecule has 7 heteroatoms. The molecule has 0 unspecified atom stereocenters. The van der Waals surface area contributed by atoms with Crippen molar-refractivity contribution in [3.8, 4) is 0 Å². The first-order valence-electron chi connectivity index (χ1n) is 4.74. The van der Waals surface area contributed by atoms with E-state index in [1.807, 2.05) is 0 Å². The molecule has 0 heterocycles. The summed E-state index contributed by atoms with van der Waals surface area (Å²) in [5.41, 5.74) is 0. The van der Waals surface area contributed by atoms with Crippen LogP contribution in [0.1, 0.15) is 0 Å². The third-order valence-electron chi connectivity index (χ3n) is 1.85. The van der Waals surface area contributed by atoms with E-state index in [1.54, 1.807) is 4.90 Å². The van der Waals surface area contributed by atoms with Crippen LogP contribution in [0.4, 0.5) is 0 Å². The standard InChI is InChI=1S/C9H20N3O3P/c1-10(2)5-7-12(8-6-11(3)4)9-16(13,14)15/h1-9H2,(H2,13,14,15). The van der Waals surface area contributed by atoms with Crippen LogP contribution in [0, 0.1) is 28.2 Å². The molecule has 0 aliphatic rings. The van der Waals surface area contributed by atoms with Gasteiger partial charge in [0.05, 0.1) is 0 Å². The highest BCUT2D eigenvalue weighted by Crippen LogP contribution is 2.34. The fourth-order valence-corrected chi connectivity index (χ4v) is 1.88. The van der Waals surface area contributed by atoms with Crippen molar-refractivity contribution in [2.45, 2.75) is 0 Å². The second-order valence-corrected chi connectivity index (χ2v) is 5.33. The zero-order valence-corrected chi connectivity index (χ0v) is 10.3. The predicted octanol–water partition coefficient (Wildman–Crippen LogP) is 0.194. The van der Waals surface area contributed by atoms with Crippen LogP contribution in [0.25, 0.3) is 0 Å². The van der Waals surface area contributed by atoms with Gasteiger partial charge < -0.3 is 9.79 Å². The minimum atomic E-state index is -4.03. The van der Waals surface area contributed by atoms with E-state index in [0.717, 1.165) is 0 Å². The number of rotatable bonds is 8. The molecule has 0 aromatic carbocycles. The van der Waals surface area contributed by atoms with Gasteiger partial charge in [-0.15, -0.1) is 0 Å². The van der Waals surface area contributed by atoms with E-state index in [2.05, 4.69) is 28.2 Å². The van der Waals surface area contributed by atoms with Crippen LogP contribution in [0.2, 0.25) is 0 Å². The van der Waals surface area contributed by atoms with Crippen LogP contribution >= 0.6 is 7.60 Å². The Labute approximate surface area is 98.0 Å². The highest BCUT2D eigenvalue weighted by Gasteiger charge is 2.18. The summed E-state index contributed by atoms with van der Waals surface area (Å²) in [6.07, 6.45) is -0.269. The lowest BCUT2D eigenvalue weighted by molar-refractivity contribution is 0.245. The van der Waals surface area contributed by atoms with Gasteiger partial charge in [0, 0.05) is 54.4 Å². The summed E-state index contributed by atoms with van der Waals surface area (Å²) < 4.78 is 10.9. The van der Waals surface area contributed by atoms with Gasteiger partial charge in [-0.05, 0) is 0 Å². The molecule has 0 aliphatic carbocycles. The summed E-state index contributed by atoms with van der Waals surface area (Å²) >= 11 is 0. The predicted molar refractivity (Wildman–Crippen MR) is 63.3 cm³/mol. The monoisotopic (exact) mass is 249 g/mol. The Balaban J connectivity index is 4.11. The van der Waals surface area contributed by atoms with E-state index in [4.69, 9.17) is 9.79 Å². The van der Waals surface area contributed by atoms with E-state index in [0.29, 0.717) is 26.2 Å². The number of hydrogen-bond donors (Lipinski definition) is 2. The SMILES string of the molecule is [CH2]N([CH2])CCN(CCN([CH2])[CH2])CP(=O)(O)O. The third-order valence-corrected chi connectivity index (χ3v) is 2.62. The van der Waals surface area contributed by atoms with Crippen LogP contribution in [0.3, 0.4) is 0 Å². The normalized spacial score (nSPS) is 13.1. The van der Waals surface area contributed by atoms with Crippen LogP contribution in [-0.4, -0.2) is 57.0 Å². The Hall–Kier alpha value is 0.0300. The summed E-state index contributed by atoms with van der Waals surface area (Å²) in [4.78, 5) is 22.4. The maximum Gasteiger partial charge on any atom is 0.339 e. The minimum Gasteiger partial charge on any atom is -0.324 e. The van der Waals surface area contributed by atoms with Crippen LogP contribution in [0.5, 0.6) is 0 Å². The summed E-state index contributed by atoms with van der Waals surface area (Å²) in [7, 11) is 10.2. The second-order valence-electron chi connectivity index (χ2n) is 3.71. The van der Waals surface area contributed by atoms with Crippen LogP contribution in [-0.2, 0) is 4.57 Å². The van der Waals surface area contributed by atoms with Crippen molar-refractivity contribution in [2.75, 3.05) is 32.5 Å². The molecule has 0 aromatic heterocycles. The largest absolute Gasteiger partial charge is 0.339 e. The van der Waals surface area contributed by atoms with Gasteiger partial charge in [0.2, 0.25) is 0 Å². The Bertz CT molecular complexity index is 218. The summed E-state index contributed by atoms with van der Waals surface area (Å²) in [5, 5.41) is 0. The molecule has 0 fully saturated rings. The average Bonchev–Trinajstić information content (AvgIpc) is 2.07. The molecule has 0 bridgehead atoms. The van der Waals surface area contributed by atoms with Gasteiger partial charge in [0.25, 0.3) is 0 Å². The van der Waals surface area contributed by atoms with E-state index in [9.17, 15) is 4.57 Å². The lowest BCUT2D eigenvalue weighted by Crippen LogP contribution is -2.35. The highest BCUT2D eigenvalue weighted by molar-refractivity contribution is 7.51. The maximum atomic E-state index is 10.9. The van der Waals surface area contributed by atoms with Crippen molar-refractivity contribution in [3.63, 3.8) is 0 Å². The van der Waals surface area contributed by atoms with Crippen molar-refractivity contribution in [1.82, 2.24) is 14.7 Å². The molecule has 0 aromatic rings. The van der Waals surface area contributed by atoms with Gasteiger partial charge >= 0.3 is 7.60 Å². The van der Waals surface area contributed by atoms with Crippen molar-refractivity contribution >= 4 is 7.60 Å². The smallest absolute Gasteiger partial charge is 0.324 e. The first kappa shape index (κ1) is 16.0. The van der Waals surface area contributed by atoms with Gasteiger partial charge in [0.15, 0.2) is 0 Å². The van der Waals surface area contributed by atoms with E-state index in [1.165, 1.54) is 9.80 Å². The van der Waals surface area contributed by atoms with Crippen molar-refractivity contribution < 1.29 is 14.4 Å². The topological polar surface area (TPSA) is 67.2 Å². The lowest BCUT2D eigenvalue weighted by Gasteiger charge is -2.25.